The molecule has 2 saturated heterocycles. The van der Waals surface area contributed by atoms with E-state index < -0.39 is 0 Å². The van der Waals surface area contributed by atoms with Crippen LogP contribution in [0.25, 0.3) is 0 Å². The lowest BCUT2D eigenvalue weighted by Crippen LogP contribution is -2.52. The fourth-order valence-corrected chi connectivity index (χ4v) is 5.54. The van der Waals surface area contributed by atoms with Crippen LogP contribution in [0, 0.1) is 11.7 Å². The molecule has 1 aromatic carbocycles. The van der Waals surface area contributed by atoms with Crippen molar-refractivity contribution in [2.24, 2.45) is 5.92 Å². The van der Waals surface area contributed by atoms with Crippen LogP contribution in [0.4, 0.5) is 16.2 Å². The van der Waals surface area contributed by atoms with E-state index in [-0.39, 0.29) is 17.5 Å². The van der Waals surface area contributed by atoms with E-state index in [1.165, 1.54) is 18.7 Å². The van der Waals surface area contributed by atoms with E-state index >= 15 is 0 Å². The molecule has 0 bridgehead atoms. The van der Waals surface area contributed by atoms with E-state index in [2.05, 4.69) is 22.0 Å². The molecule has 1 amide bonds. The highest BCUT2D eigenvalue weighted by molar-refractivity contribution is 5.78. The zero-order valence-electron chi connectivity index (χ0n) is 20.9. The topological polar surface area (TPSA) is 73.8 Å². The Labute approximate surface area is 206 Å². The molecular formula is C26H35FN6O2. The van der Waals surface area contributed by atoms with Gasteiger partial charge in [-0.05, 0) is 49.3 Å². The van der Waals surface area contributed by atoms with Gasteiger partial charge in [-0.2, -0.15) is 4.98 Å². The molecule has 9 heteroatoms. The van der Waals surface area contributed by atoms with Gasteiger partial charge < -0.3 is 19.9 Å². The summed E-state index contributed by atoms with van der Waals surface area (Å²) in [6, 6.07) is 5.40. The van der Waals surface area contributed by atoms with E-state index in [0.29, 0.717) is 31.0 Å². The largest absolute Gasteiger partial charge is 0.494 e. The first-order chi connectivity index (χ1) is 16.9. The number of benzene rings is 1. The number of ether oxygens (including phenoxy) is 1. The molecule has 3 aliphatic rings. The van der Waals surface area contributed by atoms with Gasteiger partial charge in [0.25, 0.3) is 0 Å². The summed E-state index contributed by atoms with van der Waals surface area (Å²) in [5.74, 6) is 2.29. The summed E-state index contributed by atoms with van der Waals surface area (Å²) in [4.78, 5) is 28.6. The Kier molecular flexibility index (Phi) is 6.77. The van der Waals surface area contributed by atoms with Crippen LogP contribution < -0.4 is 19.9 Å². The molecule has 0 spiro atoms. The van der Waals surface area contributed by atoms with E-state index in [1.807, 2.05) is 18.0 Å². The number of hydrogen-bond acceptors (Lipinski definition) is 7. The molecule has 2 aliphatic heterocycles. The van der Waals surface area contributed by atoms with Crippen LogP contribution in [0.3, 0.4) is 0 Å². The molecule has 2 fully saturated rings. The zero-order chi connectivity index (χ0) is 24.5. The molecule has 1 aromatic heterocycles. The van der Waals surface area contributed by atoms with Crippen LogP contribution in [0.15, 0.2) is 18.2 Å². The highest BCUT2D eigenvalue weighted by Gasteiger charge is 2.34. The van der Waals surface area contributed by atoms with Crippen LogP contribution in [0.5, 0.6) is 5.75 Å². The third-order valence-electron chi connectivity index (χ3n) is 7.51. The molecule has 35 heavy (non-hydrogen) atoms. The lowest BCUT2D eigenvalue weighted by molar-refractivity contribution is -0.124. The second-order valence-corrected chi connectivity index (χ2v) is 10.2. The number of rotatable bonds is 6. The SMILES string of the molecule is COc1ccc(CN(C)c2nc3c(c(N4CCC(N5CCNC(=O)C5)C4)n2)CCC(C)C3)cc1F. The summed E-state index contributed by atoms with van der Waals surface area (Å²) >= 11 is 0. The van der Waals surface area contributed by atoms with Crippen molar-refractivity contribution in [3.05, 3.63) is 40.8 Å². The number of hydrogen-bond donors (Lipinski definition) is 1. The third-order valence-corrected chi connectivity index (χ3v) is 7.51. The Balaban J connectivity index is 1.39. The van der Waals surface area contributed by atoms with Gasteiger partial charge in [0.05, 0.1) is 19.3 Å². The number of carbonyl (C=O) groups is 1. The van der Waals surface area contributed by atoms with Gasteiger partial charge >= 0.3 is 0 Å². The van der Waals surface area contributed by atoms with Crippen molar-refractivity contribution < 1.29 is 13.9 Å². The van der Waals surface area contributed by atoms with Crippen LogP contribution in [-0.4, -0.2) is 73.7 Å². The number of amides is 1. The molecule has 0 saturated carbocycles. The Morgan fingerprint density at radius 2 is 2.11 bits per heavy atom. The summed E-state index contributed by atoms with van der Waals surface area (Å²) in [7, 11) is 3.43. The molecule has 2 unspecified atom stereocenters. The molecule has 8 nitrogen and oxygen atoms in total. The van der Waals surface area contributed by atoms with E-state index in [9.17, 15) is 9.18 Å². The predicted molar refractivity (Wildman–Crippen MR) is 133 cm³/mol. The second kappa shape index (κ2) is 9.97. The Hall–Kier alpha value is -2.94. The van der Waals surface area contributed by atoms with E-state index in [1.54, 1.807) is 6.07 Å². The normalized spacial score (nSPS) is 22.6. The summed E-state index contributed by atoms with van der Waals surface area (Å²) in [5, 5.41) is 2.92. The Bertz CT molecular complexity index is 1100. The Morgan fingerprint density at radius 1 is 1.26 bits per heavy atom. The predicted octanol–water partition coefficient (Wildman–Crippen LogP) is 2.40. The van der Waals surface area contributed by atoms with Crippen molar-refractivity contribution in [3.63, 3.8) is 0 Å². The van der Waals surface area contributed by atoms with Gasteiger partial charge in [0.2, 0.25) is 11.9 Å². The van der Waals surface area contributed by atoms with Crippen molar-refractivity contribution in [2.75, 3.05) is 56.7 Å². The number of carbonyl (C=O) groups excluding carboxylic acids is 1. The van der Waals surface area contributed by atoms with Crippen LogP contribution >= 0.6 is 0 Å². The molecule has 188 valence electrons. The van der Waals surface area contributed by atoms with Crippen LogP contribution in [-0.2, 0) is 24.2 Å². The van der Waals surface area contributed by atoms with E-state index in [0.717, 1.165) is 68.9 Å². The minimum atomic E-state index is -0.367. The summed E-state index contributed by atoms with van der Waals surface area (Å²) in [6.45, 7) is 6.67. The van der Waals surface area contributed by atoms with Crippen LogP contribution in [0.2, 0.25) is 0 Å². The molecule has 3 heterocycles. The monoisotopic (exact) mass is 482 g/mol. The number of piperazine rings is 1. The lowest BCUT2D eigenvalue weighted by Gasteiger charge is -2.33. The zero-order valence-corrected chi connectivity index (χ0v) is 20.9. The van der Waals surface area contributed by atoms with Crippen molar-refractivity contribution in [1.29, 1.82) is 0 Å². The molecule has 2 aromatic rings. The maximum atomic E-state index is 14.2. The summed E-state index contributed by atoms with van der Waals surface area (Å²) in [6.07, 6.45) is 4.12. The number of halogens is 1. The minimum Gasteiger partial charge on any atom is -0.494 e. The quantitative estimate of drug-likeness (QED) is 0.678. The fraction of sp³-hybridized carbons (Fsp3) is 0.577. The maximum absolute atomic E-state index is 14.2. The Morgan fingerprint density at radius 3 is 2.89 bits per heavy atom. The van der Waals surface area contributed by atoms with Gasteiger partial charge in [0.1, 0.15) is 5.82 Å². The number of anilines is 2. The first-order valence-corrected chi connectivity index (χ1v) is 12.6. The molecule has 1 N–H and O–H groups in total. The van der Waals surface area contributed by atoms with Gasteiger partial charge in [-0.15, -0.1) is 0 Å². The maximum Gasteiger partial charge on any atom is 0.234 e. The van der Waals surface area contributed by atoms with Gasteiger partial charge in [0, 0.05) is 51.4 Å². The number of aromatic nitrogens is 2. The number of nitrogens with one attached hydrogen (secondary N) is 1. The summed E-state index contributed by atoms with van der Waals surface area (Å²) < 4.78 is 19.3. The second-order valence-electron chi connectivity index (χ2n) is 10.2. The molecule has 5 rings (SSSR count). The summed E-state index contributed by atoms with van der Waals surface area (Å²) in [5.41, 5.74) is 3.25. The van der Waals surface area contributed by atoms with Crippen molar-refractivity contribution in [2.45, 2.75) is 45.2 Å². The van der Waals surface area contributed by atoms with Gasteiger partial charge in [-0.25, -0.2) is 9.37 Å². The fourth-order valence-electron chi connectivity index (χ4n) is 5.54. The standard InChI is InChI=1S/C26H35FN6O2/c1-17-4-6-20-22(12-17)29-26(31(2)14-18-5-7-23(35-3)21(27)13-18)30-25(20)33-10-8-19(15-33)32-11-9-28-24(34)16-32/h5,7,13,17,19H,4,6,8-12,14-16H2,1-3H3,(H,28,34). The van der Waals surface area contributed by atoms with Gasteiger partial charge in [-0.3, -0.25) is 9.69 Å². The van der Waals surface area contributed by atoms with Gasteiger partial charge in [0.15, 0.2) is 11.6 Å². The van der Waals surface area contributed by atoms with Gasteiger partial charge in [-0.1, -0.05) is 13.0 Å². The first kappa shape index (κ1) is 23.8. The molecule has 1 aliphatic carbocycles. The first-order valence-electron chi connectivity index (χ1n) is 12.6. The van der Waals surface area contributed by atoms with Crippen molar-refractivity contribution in [1.82, 2.24) is 20.2 Å². The number of nitrogens with zero attached hydrogens (tertiary/aromatic N) is 5. The molecular weight excluding hydrogens is 447 g/mol. The lowest BCUT2D eigenvalue weighted by atomic mass is 9.88. The minimum absolute atomic E-state index is 0.113. The smallest absolute Gasteiger partial charge is 0.234 e. The third kappa shape index (κ3) is 5.05. The van der Waals surface area contributed by atoms with E-state index in [4.69, 9.17) is 14.7 Å². The average Bonchev–Trinajstić information content (AvgIpc) is 3.33. The van der Waals surface area contributed by atoms with Crippen molar-refractivity contribution >= 4 is 17.7 Å². The van der Waals surface area contributed by atoms with Crippen LogP contribution in [0.1, 0.15) is 36.6 Å². The highest BCUT2D eigenvalue weighted by Crippen LogP contribution is 2.34. The number of fused-ring (bicyclic) bond motifs is 1. The number of methoxy groups -OCH3 is 1. The molecule has 2 atom stereocenters. The van der Waals surface area contributed by atoms with Crippen molar-refractivity contribution in [3.8, 4) is 5.75 Å². The average molecular weight is 483 g/mol. The molecule has 0 radical (unpaired) electrons. The highest BCUT2D eigenvalue weighted by atomic mass is 19.1.